The molecule has 4 nitrogen and oxygen atoms in total. The number of amides is 1. The lowest BCUT2D eigenvalue weighted by Crippen LogP contribution is -2.39. The highest BCUT2D eigenvalue weighted by Gasteiger charge is 2.37. The minimum Gasteiger partial charge on any atom is -0.364 e. The van der Waals surface area contributed by atoms with Gasteiger partial charge in [-0.3, -0.25) is 4.79 Å². The van der Waals surface area contributed by atoms with Gasteiger partial charge in [0, 0.05) is 58.0 Å². The Kier molecular flexibility index (Phi) is 7.85. The van der Waals surface area contributed by atoms with E-state index in [1.807, 2.05) is 24.3 Å². The summed E-state index contributed by atoms with van der Waals surface area (Å²) < 4.78 is 8.95. The third-order valence-corrected chi connectivity index (χ3v) is 8.73. The van der Waals surface area contributed by atoms with Crippen LogP contribution >= 0.6 is 27.5 Å². The number of aromatic nitrogens is 1. The van der Waals surface area contributed by atoms with E-state index in [4.69, 9.17) is 16.3 Å². The summed E-state index contributed by atoms with van der Waals surface area (Å²) in [5.41, 5.74) is 7.13. The summed E-state index contributed by atoms with van der Waals surface area (Å²) in [6.45, 7) is 5.58. The molecule has 0 saturated carbocycles. The Labute approximate surface area is 253 Å². The summed E-state index contributed by atoms with van der Waals surface area (Å²) in [5.74, 6) is -0.248. The molecule has 0 fully saturated rings. The first kappa shape index (κ1) is 27.5. The summed E-state index contributed by atoms with van der Waals surface area (Å²) in [6, 6.07) is 33.0. The monoisotopic (exact) mass is 624 g/mol. The van der Waals surface area contributed by atoms with Crippen LogP contribution < -0.4 is 0 Å². The van der Waals surface area contributed by atoms with Crippen LogP contribution in [0.3, 0.4) is 0 Å². The zero-order valence-corrected chi connectivity index (χ0v) is 25.1. The van der Waals surface area contributed by atoms with Crippen molar-refractivity contribution in [3.63, 3.8) is 0 Å². The molecule has 4 aromatic carbocycles. The van der Waals surface area contributed by atoms with Crippen LogP contribution in [0, 0.1) is 0 Å². The van der Waals surface area contributed by atoms with Crippen LogP contribution in [-0.4, -0.2) is 35.8 Å². The number of nitrogens with zero attached hydrogens (tertiary/aromatic N) is 2. The maximum absolute atomic E-state index is 14.2. The Morgan fingerprint density at radius 1 is 1.00 bits per heavy atom. The summed E-state index contributed by atoms with van der Waals surface area (Å²) in [5, 5.41) is 1.69. The fourth-order valence-electron chi connectivity index (χ4n) is 6.19. The predicted octanol–water partition coefficient (Wildman–Crippen LogP) is 8.89. The molecule has 5 aromatic rings. The molecule has 2 atom stereocenters. The molecule has 206 valence electrons. The number of carbonyl (C=O) groups excluding carboxylic acids is 1. The molecule has 0 bridgehead atoms. The summed E-state index contributed by atoms with van der Waals surface area (Å²) in [4.78, 5) is 16.0. The SMILES string of the molecule is C=C[C@@H](c1ccc(Br)cc1)[C@@H]1CN(COC)C(=O)c2cc(Cl)ccc2-c2c1c1ccccc1n2Cc1ccccc1. The molecule has 41 heavy (non-hydrogen) atoms. The number of hydrogen-bond acceptors (Lipinski definition) is 2. The standard InChI is InChI=1S/C35H30BrClN2O2/c1-3-27(24-13-15-25(36)16-14-24)31-21-38(22-41-2)35(40)30-19-26(37)17-18-28(30)34-33(31)29-11-7-8-12-32(29)39(34)20-23-9-5-4-6-10-23/h3-19,27,31H,1,20-22H2,2H3/t27-,31-/m0/s1. The zero-order valence-electron chi connectivity index (χ0n) is 22.8. The highest BCUT2D eigenvalue weighted by Crippen LogP contribution is 2.47. The molecule has 2 heterocycles. The molecule has 1 aliphatic rings. The van der Waals surface area contributed by atoms with E-state index < -0.39 is 0 Å². The van der Waals surface area contributed by atoms with Gasteiger partial charge in [0.15, 0.2) is 0 Å². The van der Waals surface area contributed by atoms with Gasteiger partial charge in [-0.05, 0) is 47.0 Å². The number of para-hydroxylation sites is 1. The van der Waals surface area contributed by atoms with Gasteiger partial charge in [0.2, 0.25) is 0 Å². The highest BCUT2D eigenvalue weighted by atomic mass is 79.9. The summed E-state index contributed by atoms with van der Waals surface area (Å²) in [7, 11) is 1.62. The van der Waals surface area contributed by atoms with E-state index in [9.17, 15) is 4.79 Å². The van der Waals surface area contributed by atoms with Crippen LogP contribution in [-0.2, 0) is 11.3 Å². The second kappa shape index (κ2) is 11.7. The minimum atomic E-state index is -0.102. The number of halogens is 2. The molecule has 1 aromatic heterocycles. The largest absolute Gasteiger partial charge is 0.364 e. The Morgan fingerprint density at radius 3 is 2.46 bits per heavy atom. The molecule has 1 amide bonds. The number of benzene rings is 4. The van der Waals surface area contributed by atoms with Crippen molar-refractivity contribution in [3.05, 3.63) is 141 Å². The van der Waals surface area contributed by atoms with Gasteiger partial charge in [0.25, 0.3) is 5.91 Å². The lowest BCUT2D eigenvalue weighted by Gasteiger charge is -2.35. The van der Waals surface area contributed by atoms with Crippen molar-refractivity contribution in [2.75, 3.05) is 20.4 Å². The summed E-state index contributed by atoms with van der Waals surface area (Å²) >= 11 is 10.1. The fourth-order valence-corrected chi connectivity index (χ4v) is 6.62. The molecular weight excluding hydrogens is 596 g/mol. The van der Waals surface area contributed by atoms with Crippen LogP contribution in [0.2, 0.25) is 5.02 Å². The van der Waals surface area contributed by atoms with Crippen molar-refractivity contribution in [1.29, 1.82) is 0 Å². The van der Waals surface area contributed by atoms with Crippen LogP contribution in [0.5, 0.6) is 0 Å². The number of carbonyl (C=O) groups is 1. The predicted molar refractivity (Wildman–Crippen MR) is 171 cm³/mol. The lowest BCUT2D eigenvalue weighted by atomic mass is 9.78. The number of ether oxygens (including phenoxy) is 1. The smallest absolute Gasteiger partial charge is 0.256 e. The van der Waals surface area contributed by atoms with Crippen molar-refractivity contribution in [2.45, 2.75) is 18.4 Å². The number of rotatable bonds is 7. The zero-order chi connectivity index (χ0) is 28.5. The Balaban J connectivity index is 1.70. The quantitative estimate of drug-likeness (QED) is 0.169. The van der Waals surface area contributed by atoms with Crippen LogP contribution in [0.4, 0.5) is 0 Å². The Hall–Kier alpha value is -3.64. The third-order valence-electron chi connectivity index (χ3n) is 7.96. The second-order valence-electron chi connectivity index (χ2n) is 10.4. The highest BCUT2D eigenvalue weighted by molar-refractivity contribution is 9.10. The molecule has 1 aliphatic heterocycles. The Morgan fingerprint density at radius 2 is 1.73 bits per heavy atom. The number of allylic oxidation sites excluding steroid dienone is 1. The average molecular weight is 626 g/mol. The first-order valence-corrected chi connectivity index (χ1v) is 14.8. The van der Waals surface area contributed by atoms with E-state index in [2.05, 4.69) is 99.9 Å². The van der Waals surface area contributed by atoms with E-state index in [0.29, 0.717) is 23.7 Å². The number of fused-ring (bicyclic) bond motifs is 5. The summed E-state index contributed by atoms with van der Waals surface area (Å²) in [6.07, 6.45) is 2.01. The minimum absolute atomic E-state index is 0.0566. The molecule has 0 radical (unpaired) electrons. The van der Waals surface area contributed by atoms with Gasteiger partial charge >= 0.3 is 0 Å². The van der Waals surface area contributed by atoms with Crippen molar-refractivity contribution in [3.8, 4) is 11.3 Å². The van der Waals surface area contributed by atoms with Crippen molar-refractivity contribution in [2.24, 2.45) is 0 Å². The number of hydrogen-bond donors (Lipinski definition) is 0. The van der Waals surface area contributed by atoms with E-state index in [-0.39, 0.29) is 24.5 Å². The van der Waals surface area contributed by atoms with Crippen molar-refractivity contribution in [1.82, 2.24) is 9.47 Å². The van der Waals surface area contributed by atoms with Gasteiger partial charge in [0.05, 0.1) is 11.3 Å². The normalized spacial score (nSPS) is 15.6. The molecular formula is C35H30BrClN2O2. The molecule has 6 heteroatoms. The topological polar surface area (TPSA) is 34.5 Å². The maximum Gasteiger partial charge on any atom is 0.256 e. The van der Waals surface area contributed by atoms with Gasteiger partial charge < -0.3 is 14.2 Å². The first-order chi connectivity index (χ1) is 20.0. The molecule has 0 N–H and O–H groups in total. The second-order valence-corrected chi connectivity index (χ2v) is 11.8. The van der Waals surface area contributed by atoms with E-state index in [1.165, 1.54) is 16.5 Å². The average Bonchev–Trinajstić information content (AvgIpc) is 3.30. The van der Waals surface area contributed by atoms with Gasteiger partial charge in [-0.15, -0.1) is 6.58 Å². The van der Waals surface area contributed by atoms with Gasteiger partial charge in [-0.1, -0.05) is 100 Å². The molecule has 6 rings (SSSR count). The van der Waals surface area contributed by atoms with Crippen molar-refractivity contribution < 1.29 is 9.53 Å². The molecule has 0 saturated heterocycles. The van der Waals surface area contributed by atoms with Gasteiger partial charge in [-0.25, -0.2) is 0 Å². The van der Waals surface area contributed by atoms with E-state index in [1.54, 1.807) is 18.1 Å². The van der Waals surface area contributed by atoms with Crippen LogP contribution in [0.15, 0.2) is 114 Å². The van der Waals surface area contributed by atoms with Gasteiger partial charge in [-0.2, -0.15) is 0 Å². The third kappa shape index (κ3) is 5.14. The molecule has 0 aliphatic carbocycles. The number of methoxy groups -OCH3 is 1. The maximum atomic E-state index is 14.2. The molecule has 0 unspecified atom stereocenters. The first-order valence-electron chi connectivity index (χ1n) is 13.6. The molecule has 0 spiro atoms. The van der Waals surface area contributed by atoms with E-state index in [0.717, 1.165) is 26.8 Å². The fraction of sp³-hybridized carbons (Fsp3) is 0.171. The van der Waals surface area contributed by atoms with Crippen LogP contribution in [0.1, 0.15) is 38.9 Å². The van der Waals surface area contributed by atoms with Crippen LogP contribution in [0.25, 0.3) is 22.2 Å². The Bertz CT molecular complexity index is 1730. The van der Waals surface area contributed by atoms with Crippen molar-refractivity contribution >= 4 is 44.3 Å². The van der Waals surface area contributed by atoms with Gasteiger partial charge in [0.1, 0.15) is 6.73 Å². The van der Waals surface area contributed by atoms with E-state index >= 15 is 0 Å². The lowest BCUT2D eigenvalue weighted by molar-refractivity contribution is 0.0390.